The Bertz CT molecular complexity index is 468. The molecule has 0 aliphatic carbocycles. The summed E-state index contributed by atoms with van der Waals surface area (Å²) in [5.74, 6) is 1.32. The van der Waals surface area contributed by atoms with E-state index >= 15 is 0 Å². The van der Waals surface area contributed by atoms with Crippen LogP contribution in [0.25, 0.3) is 0 Å². The van der Waals surface area contributed by atoms with Crippen LogP contribution in [-0.2, 0) is 0 Å². The van der Waals surface area contributed by atoms with E-state index in [0.717, 1.165) is 5.56 Å². The molecule has 2 rings (SSSR count). The van der Waals surface area contributed by atoms with Crippen molar-refractivity contribution in [1.82, 2.24) is 0 Å². The van der Waals surface area contributed by atoms with Crippen LogP contribution in [-0.4, -0.2) is 17.3 Å². The SMILES string of the molecule is C=C(Cl)COc1ccc2c(c1)OC(C)(C)CC2O. The highest BCUT2D eigenvalue weighted by atomic mass is 35.5. The van der Waals surface area contributed by atoms with Gasteiger partial charge in [0.1, 0.15) is 23.7 Å². The van der Waals surface area contributed by atoms with Crippen LogP contribution in [0.4, 0.5) is 0 Å². The first-order chi connectivity index (χ1) is 8.37. The van der Waals surface area contributed by atoms with Gasteiger partial charge < -0.3 is 14.6 Å². The molecule has 0 saturated heterocycles. The van der Waals surface area contributed by atoms with Crippen molar-refractivity contribution >= 4 is 11.6 Å². The van der Waals surface area contributed by atoms with E-state index in [1.165, 1.54) is 0 Å². The second-order valence-electron chi connectivity index (χ2n) is 5.09. The van der Waals surface area contributed by atoms with Crippen molar-refractivity contribution < 1.29 is 14.6 Å². The second kappa shape index (κ2) is 4.82. The highest BCUT2D eigenvalue weighted by molar-refractivity contribution is 6.29. The lowest BCUT2D eigenvalue weighted by molar-refractivity contribution is 0.0113. The quantitative estimate of drug-likeness (QED) is 0.913. The molecule has 0 amide bonds. The zero-order chi connectivity index (χ0) is 13.3. The van der Waals surface area contributed by atoms with E-state index in [1.54, 1.807) is 12.1 Å². The highest BCUT2D eigenvalue weighted by Gasteiger charge is 2.32. The average molecular weight is 269 g/mol. The zero-order valence-electron chi connectivity index (χ0n) is 10.6. The van der Waals surface area contributed by atoms with Crippen LogP contribution >= 0.6 is 11.6 Å². The minimum absolute atomic E-state index is 0.256. The topological polar surface area (TPSA) is 38.7 Å². The van der Waals surface area contributed by atoms with Crippen molar-refractivity contribution in [2.75, 3.05) is 6.61 Å². The summed E-state index contributed by atoms with van der Waals surface area (Å²) in [6.45, 7) is 7.72. The molecule has 1 N–H and O–H groups in total. The summed E-state index contributed by atoms with van der Waals surface area (Å²) in [7, 11) is 0. The minimum atomic E-state index is -0.499. The highest BCUT2D eigenvalue weighted by Crippen LogP contribution is 2.41. The Hall–Kier alpha value is -1.19. The normalized spacial score (nSPS) is 20.8. The molecule has 1 atom stereocenters. The van der Waals surface area contributed by atoms with E-state index in [9.17, 15) is 5.11 Å². The van der Waals surface area contributed by atoms with E-state index in [4.69, 9.17) is 21.1 Å². The van der Waals surface area contributed by atoms with Crippen LogP contribution in [0.5, 0.6) is 11.5 Å². The van der Waals surface area contributed by atoms with E-state index < -0.39 is 6.10 Å². The van der Waals surface area contributed by atoms with Crippen LogP contribution < -0.4 is 9.47 Å². The Labute approximate surface area is 112 Å². The first-order valence-corrected chi connectivity index (χ1v) is 6.22. The molecule has 1 aromatic carbocycles. The molecule has 0 spiro atoms. The van der Waals surface area contributed by atoms with Gasteiger partial charge in [0.05, 0.1) is 6.10 Å². The molecule has 0 fully saturated rings. The summed E-state index contributed by atoms with van der Waals surface area (Å²) < 4.78 is 11.3. The number of hydrogen-bond donors (Lipinski definition) is 1. The number of benzene rings is 1. The van der Waals surface area contributed by atoms with Gasteiger partial charge >= 0.3 is 0 Å². The van der Waals surface area contributed by atoms with Crippen molar-refractivity contribution in [2.45, 2.75) is 32.0 Å². The fourth-order valence-electron chi connectivity index (χ4n) is 2.04. The van der Waals surface area contributed by atoms with E-state index in [2.05, 4.69) is 6.58 Å². The molecule has 0 saturated carbocycles. The first kappa shape index (κ1) is 13.2. The Morgan fingerprint density at radius 1 is 1.61 bits per heavy atom. The standard InChI is InChI=1S/C14H17ClO3/c1-9(15)8-17-10-4-5-11-12(16)7-14(2,3)18-13(11)6-10/h4-6,12,16H,1,7-8H2,2-3H3. The van der Waals surface area contributed by atoms with E-state index in [0.29, 0.717) is 23.0 Å². The van der Waals surface area contributed by atoms with Crippen LogP contribution in [0.2, 0.25) is 0 Å². The summed E-state index contributed by atoms with van der Waals surface area (Å²) >= 11 is 5.65. The van der Waals surface area contributed by atoms with Gasteiger partial charge in [-0.15, -0.1) is 0 Å². The third-order valence-electron chi connectivity index (χ3n) is 2.81. The molecule has 3 nitrogen and oxygen atoms in total. The lowest BCUT2D eigenvalue weighted by Crippen LogP contribution is -2.34. The maximum absolute atomic E-state index is 10.0. The lowest BCUT2D eigenvalue weighted by atomic mass is 9.92. The molecule has 1 unspecified atom stereocenters. The molecule has 18 heavy (non-hydrogen) atoms. The first-order valence-electron chi connectivity index (χ1n) is 5.84. The Morgan fingerprint density at radius 3 is 3.00 bits per heavy atom. The largest absolute Gasteiger partial charge is 0.488 e. The number of ether oxygens (including phenoxy) is 2. The summed E-state index contributed by atoms with van der Waals surface area (Å²) in [4.78, 5) is 0. The van der Waals surface area contributed by atoms with Crippen molar-refractivity contribution in [3.8, 4) is 11.5 Å². The summed E-state index contributed by atoms with van der Waals surface area (Å²) in [6, 6.07) is 5.39. The maximum atomic E-state index is 10.0. The summed E-state index contributed by atoms with van der Waals surface area (Å²) in [5.41, 5.74) is 0.424. The van der Waals surface area contributed by atoms with Gasteiger partial charge in [-0.25, -0.2) is 0 Å². The van der Waals surface area contributed by atoms with Gasteiger partial charge in [-0.05, 0) is 26.0 Å². The Kier molecular flexibility index (Phi) is 3.55. The number of rotatable bonds is 3. The number of halogens is 1. The van der Waals surface area contributed by atoms with Crippen LogP contribution in [0, 0.1) is 0 Å². The average Bonchev–Trinajstić information content (AvgIpc) is 2.24. The van der Waals surface area contributed by atoms with Crippen molar-refractivity contribution in [3.05, 3.63) is 35.4 Å². The zero-order valence-corrected chi connectivity index (χ0v) is 11.3. The maximum Gasteiger partial charge on any atom is 0.129 e. The van der Waals surface area contributed by atoms with Gasteiger partial charge in [-0.2, -0.15) is 0 Å². The van der Waals surface area contributed by atoms with Crippen LogP contribution in [0.1, 0.15) is 31.9 Å². The molecule has 98 valence electrons. The number of fused-ring (bicyclic) bond motifs is 1. The molecule has 1 aliphatic rings. The van der Waals surface area contributed by atoms with Gasteiger partial charge in [-0.3, -0.25) is 0 Å². The Morgan fingerprint density at radius 2 is 2.33 bits per heavy atom. The third-order valence-corrected chi connectivity index (χ3v) is 2.92. The van der Waals surface area contributed by atoms with E-state index in [-0.39, 0.29) is 12.2 Å². The van der Waals surface area contributed by atoms with Crippen molar-refractivity contribution in [2.24, 2.45) is 0 Å². The van der Waals surface area contributed by atoms with Crippen LogP contribution in [0.15, 0.2) is 29.8 Å². The van der Waals surface area contributed by atoms with E-state index in [1.807, 2.05) is 19.9 Å². The van der Waals surface area contributed by atoms with Gasteiger partial charge in [0.15, 0.2) is 0 Å². The summed E-state index contributed by atoms with van der Waals surface area (Å²) in [6.07, 6.45) is 0.0828. The minimum Gasteiger partial charge on any atom is -0.488 e. The van der Waals surface area contributed by atoms with Crippen LogP contribution in [0.3, 0.4) is 0 Å². The number of aliphatic hydroxyl groups excluding tert-OH is 1. The predicted molar refractivity (Wildman–Crippen MR) is 71.2 cm³/mol. The lowest BCUT2D eigenvalue weighted by Gasteiger charge is -2.35. The molecule has 0 radical (unpaired) electrons. The molecule has 1 aliphatic heterocycles. The fourth-order valence-corrected chi connectivity index (χ4v) is 2.10. The molecular formula is C14H17ClO3. The second-order valence-corrected chi connectivity index (χ2v) is 5.62. The fraction of sp³-hybridized carbons (Fsp3) is 0.429. The van der Waals surface area contributed by atoms with Gasteiger partial charge in [0, 0.05) is 23.1 Å². The molecule has 0 aromatic heterocycles. The molecule has 1 heterocycles. The molecule has 0 bridgehead atoms. The number of hydrogen-bond acceptors (Lipinski definition) is 3. The number of aliphatic hydroxyl groups is 1. The molecule has 4 heteroatoms. The van der Waals surface area contributed by atoms with Gasteiger partial charge in [-0.1, -0.05) is 18.2 Å². The smallest absolute Gasteiger partial charge is 0.129 e. The summed E-state index contributed by atoms with van der Waals surface area (Å²) in [5, 5.41) is 10.5. The van der Waals surface area contributed by atoms with Gasteiger partial charge in [0.2, 0.25) is 0 Å². The Balaban J connectivity index is 2.23. The molecular weight excluding hydrogens is 252 g/mol. The van der Waals surface area contributed by atoms with Crippen molar-refractivity contribution in [1.29, 1.82) is 0 Å². The van der Waals surface area contributed by atoms with Crippen molar-refractivity contribution in [3.63, 3.8) is 0 Å². The third kappa shape index (κ3) is 2.98. The predicted octanol–water partition coefficient (Wildman–Crippen LogP) is 3.41. The molecule has 1 aromatic rings. The monoisotopic (exact) mass is 268 g/mol. The van der Waals surface area contributed by atoms with Gasteiger partial charge in [0.25, 0.3) is 0 Å².